The van der Waals surface area contributed by atoms with Gasteiger partial charge in [0, 0.05) is 41.1 Å². The largest absolute Gasteiger partial charge is 0.462 e. The third-order valence-corrected chi connectivity index (χ3v) is 8.31. The number of carbonyl (C=O) groups is 1. The van der Waals surface area contributed by atoms with E-state index in [1.54, 1.807) is 16.4 Å². The van der Waals surface area contributed by atoms with E-state index < -0.39 is 16.0 Å². The van der Waals surface area contributed by atoms with Crippen molar-refractivity contribution in [1.29, 1.82) is 0 Å². The van der Waals surface area contributed by atoms with E-state index in [1.165, 1.54) is 12.3 Å². The summed E-state index contributed by atoms with van der Waals surface area (Å²) in [6.45, 7) is 3.52. The molecule has 1 aliphatic heterocycles. The average Bonchev–Trinajstić information content (AvgIpc) is 3.31. The highest BCUT2D eigenvalue weighted by Gasteiger charge is 2.39. The van der Waals surface area contributed by atoms with Crippen LogP contribution in [0.4, 0.5) is 0 Å². The maximum atomic E-state index is 13.7. The molecule has 5 rings (SSSR count). The zero-order valence-electron chi connectivity index (χ0n) is 18.5. The van der Waals surface area contributed by atoms with Gasteiger partial charge in [-0.3, -0.25) is 4.79 Å². The van der Waals surface area contributed by atoms with Crippen LogP contribution in [0.2, 0.25) is 0 Å². The van der Waals surface area contributed by atoms with Crippen molar-refractivity contribution >= 4 is 37.8 Å². The van der Waals surface area contributed by atoms with Crippen molar-refractivity contribution in [2.45, 2.75) is 56.0 Å². The minimum absolute atomic E-state index is 0.0236. The van der Waals surface area contributed by atoms with Gasteiger partial charge >= 0.3 is 5.97 Å². The van der Waals surface area contributed by atoms with Crippen LogP contribution in [-0.4, -0.2) is 60.4 Å². The molecule has 0 radical (unpaired) electrons. The fourth-order valence-electron chi connectivity index (χ4n) is 4.57. The Morgan fingerprint density at radius 1 is 1.24 bits per heavy atom. The van der Waals surface area contributed by atoms with Crippen molar-refractivity contribution in [1.82, 2.24) is 19.6 Å². The van der Waals surface area contributed by atoms with Gasteiger partial charge < -0.3 is 20.0 Å². The Balaban J connectivity index is 1.61. The second-order valence-electron chi connectivity index (χ2n) is 8.85. The number of aromatic nitrogens is 2. The Labute approximate surface area is 191 Å². The molecule has 1 unspecified atom stereocenters. The van der Waals surface area contributed by atoms with E-state index in [0.29, 0.717) is 29.3 Å². The number of fused-ring (bicyclic) bond motifs is 3. The Bertz CT molecular complexity index is 1370. The molecule has 0 bridgehead atoms. The van der Waals surface area contributed by atoms with Crippen LogP contribution in [0, 0.1) is 0 Å². The van der Waals surface area contributed by atoms with Gasteiger partial charge in [-0.05, 0) is 56.8 Å². The van der Waals surface area contributed by atoms with Gasteiger partial charge in [-0.25, -0.2) is 13.2 Å². The van der Waals surface area contributed by atoms with Gasteiger partial charge in [-0.2, -0.15) is 4.31 Å². The number of aromatic amines is 2. The van der Waals surface area contributed by atoms with Gasteiger partial charge in [-0.15, -0.1) is 0 Å². The monoisotopic (exact) mass is 472 g/mol. The Kier molecular flexibility index (Phi) is 5.75. The molecular weight excluding hydrogens is 444 g/mol. The third-order valence-electron chi connectivity index (χ3n) is 6.40. The van der Waals surface area contributed by atoms with E-state index in [9.17, 15) is 18.0 Å². The molecule has 1 saturated heterocycles. The second kappa shape index (κ2) is 8.58. The van der Waals surface area contributed by atoms with Crippen molar-refractivity contribution in [3.63, 3.8) is 0 Å². The van der Waals surface area contributed by atoms with Gasteiger partial charge in [0.15, 0.2) is 0 Å². The van der Waals surface area contributed by atoms with Crippen LogP contribution in [-0.2, 0) is 14.8 Å². The summed E-state index contributed by atoms with van der Waals surface area (Å²) in [4.78, 5) is 31.0. The van der Waals surface area contributed by atoms with Crippen molar-refractivity contribution in [3.8, 4) is 0 Å². The standard InChI is InChI=1S/C23H28N4O5S/c1-2-10-32-23(29)18-12-25-21-20(18)17-11-16(7-8-19(17)26-22(21)28)33(30,31)27(15-5-6-15)13-14-4-3-9-24-14/h7-8,11-12,14-15,24-25H,2-6,9-10,13H2,1H3,(H,26,28). The molecular formula is C23H28N4O5S. The van der Waals surface area contributed by atoms with Crippen molar-refractivity contribution < 1.29 is 17.9 Å². The summed E-state index contributed by atoms with van der Waals surface area (Å²) >= 11 is 0. The van der Waals surface area contributed by atoms with Crippen molar-refractivity contribution in [3.05, 3.63) is 40.3 Å². The molecule has 33 heavy (non-hydrogen) atoms. The van der Waals surface area contributed by atoms with Crippen molar-refractivity contribution in [2.75, 3.05) is 19.7 Å². The number of hydrogen-bond acceptors (Lipinski definition) is 6. The Morgan fingerprint density at radius 3 is 2.76 bits per heavy atom. The van der Waals surface area contributed by atoms with E-state index in [2.05, 4.69) is 15.3 Å². The smallest absolute Gasteiger partial charge is 0.340 e. The number of nitrogens with one attached hydrogen (secondary N) is 3. The molecule has 10 heteroatoms. The molecule has 3 heterocycles. The highest BCUT2D eigenvalue weighted by atomic mass is 32.2. The topological polar surface area (TPSA) is 124 Å². The zero-order valence-corrected chi connectivity index (χ0v) is 19.3. The highest BCUT2D eigenvalue weighted by molar-refractivity contribution is 7.89. The van der Waals surface area contributed by atoms with E-state index >= 15 is 0 Å². The third kappa shape index (κ3) is 4.07. The van der Waals surface area contributed by atoms with Crippen molar-refractivity contribution in [2.24, 2.45) is 0 Å². The average molecular weight is 473 g/mol. The first-order valence-electron chi connectivity index (χ1n) is 11.5. The summed E-state index contributed by atoms with van der Waals surface area (Å²) in [5, 5.41) is 4.25. The first-order valence-corrected chi connectivity index (χ1v) is 12.9. The number of esters is 1. The lowest BCUT2D eigenvalue weighted by atomic mass is 10.1. The first-order chi connectivity index (χ1) is 15.9. The second-order valence-corrected chi connectivity index (χ2v) is 10.7. The van der Waals surface area contributed by atoms with E-state index in [4.69, 9.17) is 4.74 Å². The number of pyridine rings is 1. The lowest BCUT2D eigenvalue weighted by Gasteiger charge is -2.25. The number of rotatable bonds is 8. The van der Waals surface area contributed by atoms with E-state index in [0.717, 1.165) is 32.2 Å². The molecule has 3 aromatic rings. The van der Waals surface area contributed by atoms with Crippen LogP contribution in [0.1, 0.15) is 49.4 Å². The molecule has 1 aliphatic carbocycles. The van der Waals surface area contributed by atoms with Crippen LogP contribution in [0.15, 0.2) is 34.1 Å². The molecule has 2 aliphatic rings. The van der Waals surface area contributed by atoms with Gasteiger partial charge in [0.05, 0.1) is 17.1 Å². The molecule has 1 saturated carbocycles. The highest BCUT2D eigenvalue weighted by Crippen LogP contribution is 2.34. The van der Waals surface area contributed by atoms with Gasteiger partial charge in [-0.1, -0.05) is 6.92 Å². The van der Waals surface area contributed by atoms with Gasteiger partial charge in [0.25, 0.3) is 5.56 Å². The number of H-pyrrole nitrogens is 2. The minimum atomic E-state index is -3.75. The number of sulfonamides is 1. The molecule has 0 amide bonds. The summed E-state index contributed by atoms with van der Waals surface area (Å²) in [5.74, 6) is -0.546. The quantitative estimate of drug-likeness (QED) is 0.433. The molecule has 176 valence electrons. The summed E-state index contributed by atoms with van der Waals surface area (Å²) < 4.78 is 34.2. The molecule has 1 atom stereocenters. The number of carbonyl (C=O) groups excluding carboxylic acids is 1. The summed E-state index contributed by atoms with van der Waals surface area (Å²) in [6, 6.07) is 4.86. The summed E-state index contributed by atoms with van der Waals surface area (Å²) in [6.07, 6.45) is 5.86. The van der Waals surface area contributed by atoms with Crippen LogP contribution >= 0.6 is 0 Å². The Hall–Kier alpha value is -2.69. The van der Waals surface area contributed by atoms with Crippen LogP contribution < -0.4 is 10.9 Å². The predicted molar refractivity (Wildman–Crippen MR) is 125 cm³/mol. The maximum Gasteiger partial charge on any atom is 0.340 e. The fourth-order valence-corrected chi connectivity index (χ4v) is 6.33. The van der Waals surface area contributed by atoms with Crippen LogP contribution in [0.3, 0.4) is 0 Å². The van der Waals surface area contributed by atoms with Gasteiger partial charge in [0.2, 0.25) is 10.0 Å². The summed E-state index contributed by atoms with van der Waals surface area (Å²) in [5.41, 5.74) is 0.522. The molecule has 2 aromatic heterocycles. The van der Waals surface area contributed by atoms with E-state index in [1.807, 2.05) is 6.92 Å². The molecule has 2 fully saturated rings. The normalized spacial score (nSPS) is 19.0. The number of ether oxygens (including phenoxy) is 1. The molecule has 1 aromatic carbocycles. The molecule has 3 N–H and O–H groups in total. The summed E-state index contributed by atoms with van der Waals surface area (Å²) in [7, 11) is -3.75. The first kappa shape index (κ1) is 22.1. The lowest BCUT2D eigenvalue weighted by Crippen LogP contribution is -2.42. The Morgan fingerprint density at radius 2 is 2.06 bits per heavy atom. The fraction of sp³-hybridized carbons (Fsp3) is 0.478. The van der Waals surface area contributed by atoms with Crippen LogP contribution in [0.5, 0.6) is 0 Å². The lowest BCUT2D eigenvalue weighted by molar-refractivity contribution is 0.0507. The predicted octanol–water partition coefficient (Wildman–Crippen LogP) is 2.48. The zero-order chi connectivity index (χ0) is 23.2. The molecule has 0 spiro atoms. The molecule has 9 nitrogen and oxygen atoms in total. The number of benzene rings is 1. The number of nitrogens with zero attached hydrogens (tertiary/aromatic N) is 1. The van der Waals surface area contributed by atoms with Crippen LogP contribution in [0.25, 0.3) is 21.8 Å². The number of hydrogen-bond donors (Lipinski definition) is 3. The van der Waals surface area contributed by atoms with Gasteiger partial charge in [0.1, 0.15) is 5.52 Å². The minimum Gasteiger partial charge on any atom is -0.462 e. The maximum absolute atomic E-state index is 13.7. The SMILES string of the molecule is CCCOC(=O)c1c[nH]c2c(=O)[nH]c3ccc(S(=O)(=O)N(CC4CCCN4)C4CC4)cc3c12. The van der Waals surface area contributed by atoms with E-state index in [-0.39, 0.29) is 40.2 Å².